The second kappa shape index (κ2) is 21.0. The lowest BCUT2D eigenvalue weighted by molar-refractivity contribution is -0.177. The summed E-state index contributed by atoms with van der Waals surface area (Å²) < 4.78 is 20.4. The van der Waals surface area contributed by atoms with Crippen molar-refractivity contribution in [3.63, 3.8) is 0 Å². The Labute approximate surface area is 287 Å². The van der Waals surface area contributed by atoms with E-state index in [9.17, 15) is 24.0 Å². The van der Waals surface area contributed by atoms with Crippen molar-refractivity contribution >= 4 is 29.7 Å². The third kappa shape index (κ3) is 11.7. The first-order valence-electron chi connectivity index (χ1n) is 16.7. The maximum absolute atomic E-state index is 13.0. The fourth-order valence-corrected chi connectivity index (χ4v) is 5.35. The van der Waals surface area contributed by atoms with Crippen molar-refractivity contribution in [2.24, 2.45) is 0 Å². The number of aliphatic hydroxyl groups is 1. The summed E-state index contributed by atoms with van der Waals surface area (Å²) in [6, 6.07) is 10.7. The Balaban J connectivity index is 0.000000838. The topological polar surface area (TPSA) is 167 Å². The minimum atomic E-state index is -1.20. The molecule has 4 rings (SSSR count). The zero-order valence-corrected chi connectivity index (χ0v) is 28.6. The van der Waals surface area contributed by atoms with E-state index in [1.54, 1.807) is 38.5 Å². The molecule has 0 bridgehead atoms. The summed E-state index contributed by atoms with van der Waals surface area (Å²) in [6.45, 7) is 4.99. The Morgan fingerprint density at radius 2 is 1.45 bits per heavy atom. The fourth-order valence-electron chi connectivity index (χ4n) is 5.35. The van der Waals surface area contributed by atoms with E-state index in [2.05, 4.69) is 5.32 Å². The number of amides is 3. The molecule has 2 aliphatic rings. The normalized spacial score (nSPS) is 14.5. The average molecular weight is 685 g/mol. The van der Waals surface area contributed by atoms with Gasteiger partial charge in [0.15, 0.2) is 5.78 Å². The highest BCUT2D eigenvalue weighted by molar-refractivity contribution is 6.01. The van der Waals surface area contributed by atoms with E-state index in [-0.39, 0.29) is 37.7 Å². The summed E-state index contributed by atoms with van der Waals surface area (Å²) in [5, 5.41) is 12.1. The lowest BCUT2D eigenvalue weighted by Gasteiger charge is -2.17. The number of unbranched alkanes of at least 4 members (excludes halogenated alkanes) is 1. The molecule has 2 aromatic carbocycles. The Morgan fingerprint density at radius 3 is 2.06 bits per heavy atom. The molecule has 1 fully saturated rings. The number of aliphatic hydroxyl groups excluding tert-OH is 1. The average Bonchev–Trinajstić information content (AvgIpc) is 3.59. The number of rotatable bonds is 19. The number of Topliss-reactive ketones (excluding diaryl/α,β-unsaturated/α-hetero) is 1. The van der Waals surface area contributed by atoms with E-state index < -0.39 is 23.9 Å². The van der Waals surface area contributed by atoms with Crippen LogP contribution in [-0.4, -0.2) is 100 Å². The van der Waals surface area contributed by atoms with Gasteiger partial charge in [0.2, 0.25) is 0 Å². The predicted octanol–water partition coefficient (Wildman–Crippen LogP) is 4.58. The van der Waals surface area contributed by atoms with Crippen LogP contribution in [0.2, 0.25) is 0 Å². The second-order valence-corrected chi connectivity index (χ2v) is 11.6. The first-order valence-corrected chi connectivity index (χ1v) is 16.7. The minimum Gasteiger partial charge on any atom is -0.432 e. The molecule has 49 heavy (non-hydrogen) atoms. The van der Waals surface area contributed by atoms with E-state index in [1.165, 1.54) is 0 Å². The van der Waals surface area contributed by atoms with Crippen molar-refractivity contribution in [2.45, 2.75) is 64.2 Å². The minimum absolute atomic E-state index is 0.0367. The van der Waals surface area contributed by atoms with Crippen LogP contribution in [0.5, 0.6) is 0 Å². The Bertz CT molecular complexity index is 1410. The van der Waals surface area contributed by atoms with Crippen LogP contribution in [0.4, 0.5) is 4.79 Å². The highest BCUT2D eigenvalue weighted by atomic mass is 16.8. The number of imide groups is 1. The van der Waals surface area contributed by atoms with Gasteiger partial charge in [-0.1, -0.05) is 30.2 Å². The zero-order chi connectivity index (χ0) is 35.6. The van der Waals surface area contributed by atoms with Gasteiger partial charge in [0, 0.05) is 90.1 Å². The molecule has 1 heterocycles. The molecule has 1 aliphatic heterocycles. The molecule has 1 aliphatic carbocycles. The number of fused-ring (bicyclic) bond motifs is 3. The van der Waals surface area contributed by atoms with E-state index in [1.807, 2.05) is 19.1 Å². The van der Waals surface area contributed by atoms with Crippen molar-refractivity contribution in [3.8, 4) is 11.1 Å². The highest BCUT2D eigenvalue weighted by Gasteiger charge is 2.35. The summed E-state index contributed by atoms with van der Waals surface area (Å²) in [7, 11) is 3.38. The number of ether oxygens (including phenoxy) is 4. The van der Waals surface area contributed by atoms with E-state index >= 15 is 0 Å². The van der Waals surface area contributed by atoms with Crippen LogP contribution in [0.1, 0.15) is 96.1 Å². The van der Waals surface area contributed by atoms with Crippen molar-refractivity contribution in [3.05, 3.63) is 58.7 Å². The van der Waals surface area contributed by atoms with Crippen LogP contribution >= 0.6 is 0 Å². The van der Waals surface area contributed by atoms with Crippen LogP contribution in [0.3, 0.4) is 0 Å². The molecule has 3 amide bonds. The number of hydroxylamine groups is 2. The van der Waals surface area contributed by atoms with Crippen molar-refractivity contribution in [1.82, 2.24) is 10.4 Å². The summed E-state index contributed by atoms with van der Waals surface area (Å²) in [4.78, 5) is 66.6. The number of benzene rings is 2. The third-order valence-electron chi connectivity index (χ3n) is 7.89. The van der Waals surface area contributed by atoms with Crippen molar-refractivity contribution in [2.75, 3.05) is 60.4 Å². The lowest BCUT2D eigenvalue weighted by Crippen LogP contribution is -2.32. The third-order valence-corrected chi connectivity index (χ3v) is 7.89. The SMILES string of the molecule is CCCNC(=O)c1ccc2c(c1)C(COC(=O)ON1C(=O)CCC1=O)c1cc(C(=O)CCCOCCCCO)ccc1-2.COCCCOC. The Morgan fingerprint density at radius 1 is 0.837 bits per heavy atom. The molecule has 268 valence electrons. The van der Waals surface area contributed by atoms with E-state index in [4.69, 9.17) is 28.9 Å². The zero-order valence-electron chi connectivity index (χ0n) is 28.6. The van der Waals surface area contributed by atoms with Crippen molar-refractivity contribution < 1.29 is 52.9 Å². The number of hydrogen-bond donors (Lipinski definition) is 2. The van der Waals surface area contributed by atoms with Gasteiger partial charge in [-0.05, 0) is 72.6 Å². The molecule has 1 atom stereocenters. The van der Waals surface area contributed by atoms with E-state index in [0.717, 1.165) is 54.7 Å². The van der Waals surface area contributed by atoms with Crippen molar-refractivity contribution in [1.29, 1.82) is 0 Å². The molecule has 0 radical (unpaired) electrons. The molecule has 1 unspecified atom stereocenters. The molecule has 2 aromatic rings. The number of ketones is 1. The maximum atomic E-state index is 13.0. The fraction of sp³-hybridized carbons (Fsp3) is 0.528. The number of hydrogen-bond acceptors (Lipinski definition) is 11. The molecule has 13 nitrogen and oxygen atoms in total. The summed E-state index contributed by atoms with van der Waals surface area (Å²) in [6.07, 6.45) is 2.80. The van der Waals surface area contributed by atoms with Gasteiger partial charge in [-0.25, -0.2) is 4.79 Å². The molecule has 1 saturated heterocycles. The predicted molar refractivity (Wildman–Crippen MR) is 179 cm³/mol. The summed E-state index contributed by atoms with van der Waals surface area (Å²) in [5.74, 6) is -2.04. The Kier molecular flexibility index (Phi) is 16.9. The highest BCUT2D eigenvalue weighted by Crippen LogP contribution is 2.46. The second-order valence-electron chi connectivity index (χ2n) is 11.6. The van der Waals surface area contributed by atoms with Gasteiger partial charge in [0.25, 0.3) is 17.7 Å². The molecule has 13 heteroatoms. The van der Waals surface area contributed by atoms with Gasteiger partial charge >= 0.3 is 6.16 Å². The first kappa shape index (κ1) is 39.3. The van der Waals surface area contributed by atoms with Crippen LogP contribution < -0.4 is 5.32 Å². The number of nitrogens with zero attached hydrogens (tertiary/aromatic N) is 1. The Hall–Kier alpha value is -4.17. The number of carbonyl (C=O) groups is 5. The van der Waals surface area contributed by atoms with Gasteiger partial charge in [0.1, 0.15) is 6.61 Å². The molecule has 0 aromatic heterocycles. The van der Waals surface area contributed by atoms with Gasteiger partial charge in [0.05, 0.1) is 0 Å². The molecule has 0 spiro atoms. The number of carbonyl (C=O) groups excluding carboxylic acids is 5. The molecular formula is C36H48N2O11. The molecule has 0 saturated carbocycles. The van der Waals surface area contributed by atoms with Gasteiger partial charge in [-0.2, -0.15) is 0 Å². The smallest absolute Gasteiger partial charge is 0.432 e. The standard InChI is InChI=1S/C31H36N2O9.C5H12O2/c1-2-13-32-30(38)21-8-10-23-22-9-7-20(27(35)6-5-16-40-15-4-3-14-34)17-24(22)26(25(23)18-21)19-41-31(39)42-33-28(36)11-12-29(33)37;1-6-4-3-5-7-2/h7-10,17-18,26,34H,2-6,11-16,19H2,1H3,(H,32,38);3-5H2,1-2H3. The number of methoxy groups -OCH3 is 2. The first-order chi connectivity index (χ1) is 23.7. The van der Waals surface area contributed by atoms with E-state index in [0.29, 0.717) is 55.2 Å². The maximum Gasteiger partial charge on any atom is 0.533 e. The summed E-state index contributed by atoms with van der Waals surface area (Å²) in [5.41, 5.74) is 4.15. The monoisotopic (exact) mass is 684 g/mol. The molecule has 2 N–H and O–H groups in total. The molecular weight excluding hydrogens is 636 g/mol. The van der Waals surface area contributed by atoms with Crippen LogP contribution in [-0.2, 0) is 33.4 Å². The lowest BCUT2D eigenvalue weighted by atomic mass is 9.94. The van der Waals surface area contributed by atoms with Gasteiger partial charge < -0.3 is 29.4 Å². The van der Waals surface area contributed by atoms with Gasteiger partial charge in [-0.3, -0.25) is 24.0 Å². The largest absolute Gasteiger partial charge is 0.533 e. The quantitative estimate of drug-likeness (QED) is 0.0921. The van der Waals surface area contributed by atoms with Gasteiger partial charge in [-0.15, -0.1) is 0 Å². The van der Waals surface area contributed by atoms with Crippen LogP contribution in [0.25, 0.3) is 11.1 Å². The van der Waals surface area contributed by atoms with Crippen LogP contribution in [0, 0.1) is 0 Å². The number of nitrogens with one attached hydrogen (secondary N) is 1. The summed E-state index contributed by atoms with van der Waals surface area (Å²) >= 11 is 0. The van der Waals surface area contributed by atoms with Crippen LogP contribution in [0.15, 0.2) is 36.4 Å².